The maximum absolute atomic E-state index is 10.8. The Kier molecular flexibility index (Phi) is 3.85. The summed E-state index contributed by atoms with van der Waals surface area (Å²) in [6.45, 7) is 5.16. The molecule has 15 heavy (non-hydrogen) atoms. The van der Waals surface area contributed by atoms with Crippen LogP contribution < -0.4 is 0 Å². The summed E-state index contributed by atoms with van der Waals surface area (Å²) in [6.07, 6.45) is 3.53. The van der Waals surface area contributed by atoms with Crippen molar-refractivity contribution in [1.82, 2.24) is 14.5 Å². The number of hydrogen-bond acceptors (Lipinski definition) is 3. The van der Waals surface area contributed by atoms with Crippen molar-refractivity contribution in [3.63, 3.8) is 0 Å². The van der Waals surface area contributed by atoms with Gasteiger partial charge < -0.3 is 9.67 Å². The molecule has 5 heteroatoms. The first-order valence-electron chi connectivity index (χ1n) is 4.98. The van der Waals surface area contributed by atoms with E-state index >= 15 is 0 Å². The zero-order valence-electron chi connectivity index (χ0n) is 9.34. The van der Waals surface area contributed by atoms with Gasteiger partial charge in [0, 0.05) is 19.3 Å². The van der Waals surface area contributed by atoms with Gasteiger partial charge in [0.15, 0.2) is 0 Å². The van der Waals surface area contributed by atoms with Crippen LogP contribution in [0.25, 0.3) is 0 Å². The molecule has 0 aliphatic rings. The van der Waals surface area contributed by atoms with Crippen LogP contribution in [0.1, 0.15) is 19.5 Å². The van der Waals surface area contributed by atoms with E-state index in [2.05, 4.69) is 4.98 Å². The molecule has 0 amide bonds. The number of aliphatic carboxylic acids is 1. The number of carboxylic acids is 1. The van der Waals surface area contributed by atoms with Crippen molar-refractivity contribution in [2.24, 2.45) is 0 Å². The first-order chi connectivity index (χ1) is 7.06. The monoisotopic (exact) mass is 211 g/mol. The van der Waals surface area contributed by atoms with E-state index in [1.165, 1.54) is 0 Å². The molecular formula is C10H17N3O2. The van der Waals surface area contributed by atoms with Crippen LogP contribution in [0.3, 0.4) is 0 Å². The molecule has 0 spiro atoms. The van der Waals surface area contributed by atoms with Gasteiger partial charge >= 0.3 is 5.97 Å². The number of rotatable bonds is 5. The Bertz CT molecular complexity index is 335. The topological polar surface area (TPSA) is 58.4 Å². The highest BCUT2D eigenvalue weighted by Crippen LogP contribution is 2.06. The quantitative estimate of drug-likeness (QED) is 0.783. The van der Waals surface area contributed by atoms with Crippen LogP contribution in [0.15, 0.2) is 12.5 Å². The zero-order valence-corrected chi connectivity index (χ0v) is 9.34. The summed E-state index contributed by atoms with van der Waals surface area (Å²) in [5.41, 5.74) is 1.04. The normalized spacial score (nSPS) is 13.1. The van der Waals surface area contributed by atoms with Gasteiger partial charge in [-0.05, 0) is 20.9 Å². The molecule has 1 heterocycles. The van der Waals surface area contributed by atoms with Gasteiger partial charge in [-0.3, -0.25) is 9.69 Å². The summed E-state index contributed by atoms with van der Waals surface area (Å²) >= 11 is 0. The van der Waals surface area contributed by atoms with E-state index in [9.17, 15) is 4.79 Å². The molecule has 0 saturated heterocycles. The second-order valence-electron chi connectivity index (χ2n) is 3.60. The fourth-order valence-electron chi connectivity index (χ4n) is 1.35. The summed E-state index contributed by atoms with van der Waals surface area (Å²) in [6, 6.07) is -0.481. The third kappa shape index (κ3) is 2.79. The lowest BCUT2D eigenvalue weighted by Gasteiger charge is -2.21. The Morgan fingerprint density at radius 2 is 2.40 bits per heavy atom. The van der Waals surface area contributed by atoms with Gasteiger partial charge in [-0.1, -0.05) is 0 Å². The van der Waals surface area contributed by atoms with Gasteiger partial charge in [-0.15, -0.1) is 0 Å². The van der Waals surface area contributed by atoms with Crippen LogP contribution in [-0.4, -0.2) is 38.6 Å². The first-order valence-corrected chi connectivity index (χ1v) is 4.98. The summed E-state index contributed by atoms with van der Waals surface area (Å²) in [7, 11) is 1.80. The van der Waals surface area contributed by atoms with Crippen LogP contribution in [0, 0.1) is 0 Å². The van der Waals surface area contributed by atoms with E-state index in [0.29, 0.717) is 6.54 Å². The Morgan fingerprint density at radius 1 is 1.73 bits per heavy atom. The summed E-state index contributed by atoms with van der Waals surface area (Å²) in [4.78, 5) is 16.6. The fourth-order valence-corrected chi connectivity index (χ4v) is 1.35. The Labute approximate surface area is 89.3 Å². The van der Waals surface area contributed by atoms with Crippen molar-refractivity contribution in [2.45, 2.75) is 33.0 Å². The van der Waals surface area contributed by atoms with Crippen molar-refractivity contribution in [3.05, 3.63) is 18.2 Å². The van der Waals surface area contributed by atoms with E-state index in [0.717, 1.165) is 12.2 Å². The Morgan fingerprint density at radius 3 is 2.93 bits per heavy atom. The number of aromatic nitrogens is 2. The molecule has 0 fully saturated rings. The number of nitrogens with zero attached hydrogens (tertiary/aromatic N) is 3. The van der Waals surface area contributed by atoms with E-state index in [1.54, 1.807) is 31.4 Å². The summed E-state index contributed by atoms with van der Waals surface area (Å²) in [5.74, 6) is -0.805. The average Bonchev–Trinajstić information content (AvgIpc) is 2.63. The molecule has 0 bridgehead atoms. The van der Waals surface area contributed by atoms with Gasteiger partial charge in [0.1, 0.15) is 6.04 Å². The summed E-state index contributed by atoms with van der Waals surface area (Å²) in [5, 5.41) is 8.84. The fraction of sp³-hybridized carbons (Fsp3) is 0.600. The molecule has 84 valence electrons. The summed E-state index contributed by atoms with van der Waals surface area (Å²) < 4.78 is 2.01. The SMILES string of the molecule is CCn1cncc1CN(C)C(C)C(=O)O. The Balaban J connectivity index is 2.65. The number of likely N-dealkylation sites (N-methyl/N-ethyl adjacent to an activating group) is 1. The lowest BCUT2D eigenvalue weighted by Crippen LogP contribution is -2.35. The van der Waals surface area contributed by atoms with Crippen molar-refractivity contribution >= 4 is 5.97 Å². The highest BCUT2D eigenvalue weighted by molar-refractivity contribution is 5.72. The molecule has 0 aliphatic heterocycles. The van der Waals surface area contributed by atoms with Crippen molar-refractivity contribution < 1.29 is 9.90 Å². The molecule has 1 aromatic heterocycles. The highest BCUT2D eigenvalue weighted by atomic mass is 16.4. The third-order valence-corrected chi connectivity index (χ3v) is 2.57. The predicted octanol–water partition coefficient (Wildman–Crippen LogP) is 0.808. The number of aryl methyl sites for hydroxylation is 1. The number of hydrogen-bond donors (Lipinski definition) is 1. The molecule has 0 radical (unpaired) electrons. The number of carbonyl (C=O) groups is 1. The maximum atomic E-state index is 10.8. The van der Waals surface area contributed by atoms with Crippen molar-refractivity contribution in [3.8, 4) is 0 Å². The van der Waals surface area contributed by atoms with E-state index in [1.807, 2.05) is 11.5 Å². The number of imidazole rings is 1. The minimum absolute atomic E-state index is 0.481. The molecule has 0 saturated carbocycles. The minimum Gasteiger partial charge on any atom is -0.480 e. The molecular weight excluding hydrogens is 194 g/mol. The maximum Gasteiger partial charge on any atom is 0.320 e. The van der Waals surface area contributed by atoms with E-state index in [-0.39, 0.29) is 0 Å². The van der Waals surface area contributed by atoms with Crippen LogP contribution >= 0.6 is 0 Å². The largest absolute Gasteiger partial charge is 0.480 e. The highest BCUT2D eigenvalue weighted by Gasteiger charge is 2.17. The predicted molar refractivity (Wildman–Crippen MR) is 56.5 cm³/mol. The molecule has 1 unspecified atom stereocenters. The second kappa shape index (κ2) is 4.93. The average molecular weight is 211 g/mol. The van der Waals surface area contributed by atoms with Crippen molar-refractivity contribution in [1.29, 1.82) is 0 Å². The van der Waals surface area contributed by atoms with Crippen LogP contribution in [0.5, 0.6) is 0 Å². The van der Waals surface area contributed by atoms with Crippen LogP contribution in [-0.2, 0) is 17.9 Å². The first kappa shape index (κ1) is 11.7. The van der Waals surface area contributed by atoms with Gasteiger partial charge in [0.25, 0.3) is 0 Å². The lowest BCUT2D eigenvalue weighted by atomic mass is 10.3. The van der Waals surface area contributed by atoms with E-state index < -0.39 is 12.0 Å². The van der Waals surface area contributed by atoms with Gasteiger partial charge in [0.05, 0.1) is 12.0 Å². The van der Waals surface area contributed by atoms with Gasteiger partial charge in [-0.25, -0.2) is 4.98 Å². The minimum atomic E-state index is -0.805. The van der Waals surface area contributed by atoms with Gasteiger partial charge in [0.2, 0.25) is 0 Å². The van der Waals surface area contributed by atoms with Crippen LogP contribution in [0.4, 0.5) is 0 Å². The van der Waals surface area contributed by atoms with E-state index in [4.69, 9.17) is 5.11 Å². The molecule has 1 atom stereocenters. The standard InChI is InChI=1S/C10H17N3O2/c1-4-13-7-11-5-9(13)6-12(3)8(2)10(14)15/h5,7-8H,4,6H2,1-3H3,(H,14,15). The molecule has 1 rings (SSSR count). The third-order valence-electron chi connectivity index (χ3n) is 2.57. The van der Waals surface area contributed by atoms with Crippen LogP contribution in [0.2, 0.25) is 0 Å². The Hall–Kier alpha value is -1.36. The van der Waals surface area contributed by atoms with Crippen molar-refractivity contribution in [2.75, 3.05) is 7.05 Å². The lowest BCUT2D eigenvalue weighted by molar-refractivity contribution is -0.142. The zero-order chi connectivity index (χ0) is 11.4. The molecule has 1 N–H and O–H groups in total. The number of carboxylic acid groups (broad SMARTS) is 1. The molecule has 0 aromatic carbocycles. The molecule has 0 aliphatic carbocycles. The second-order valence-corrected chi connectivity index (χ2v) is 3.60. The smallest absolute Gasteiger partial charge is 0.320 e. The molecule has 5 nitrogen and oxygen atoms in total. The van der Waals surface area contributed by atoms with Gasteiger partial charge in [-0.2, -0.15) is 0 Å². The molecule has 1 aromatic rings.